The highest BCUT2D eigenvalue weighted by Gasteiger charge is 2.21. The van der Waals surface area contributed by atoms with Crippen molar-refractivity contribution in [3.63, 3.8) is 0 Å². The van der Waals surface area contributed by atoms with Crippen LogP contribution >= 0.6 is 0 Å². The van der Waals surface area contributed by atoms with Crippen molar-refractivity contribution in [2.45, 2.75) is 31.6 Å². The van der Waals surface area contributed by atoms with Crippen LogP contribution in [0.4, 0.5) is 0 Å². The zero-order valence-electron chi connectivity index (χ0n) is 19.8. The average molecular weight is 465 g/mol. The molecule has 0 fully saturated rings. The first-order valence-electron chi connectivity index (χ1n) is 12.2. The van der Waals surface area contributed by atoms with Crippen molar-refractivity contribution >= 4 is 27.8 Å². The van der Waals surface area contributed by atoms with E-state index in [2.05, 4.69) is 52.9 Å². The molecule has 1 atom stereocenters. The number of ether oxygens (including phenoxy) is 1. The van der Waals surface area contributed by atoms with Crippen LogP contribution in [0.25, 0.3) is 21.9 Å². The first-order chi connectivity index (χ1) is 17.2. The molecule has 2 aromatic heterocycles. The molecule has 6 rings (SSSR count). The molecule has 2 N–H and O–H groups in total. The van der Waals surface area contributed by atoms with E-state index in [0.717, 1.165) is 57.2 Å². The molecule has 0 saturated carbocycles. The molecule has 5 nitrogen and oxygen atoms in total. The first-order valence-corrected chi connectivity index (χ1v) is 12.2. The maximum absolute atomic E-state index is 13.1. The van der Waals surface area contributed by atoms with Gasteiger partial charge in [0.25, 0.3) is 0 Å². The number of hydrogen-bond acceptors (Lipinski definition) is 3. The van der Waals surface area contributed by atoms with E-state index in [4.69, 9.17) is 9.15 Å². The maximum atomic E-state index is 13.1. The van der Waals surface area contributed by atoms with Crippen molar-refractivity contribution in [2.24, 2.45) is 0 Å². The van der Waals surface area contributed by atoms with Crippen molar-refractivity contribution < 1.29 is 13.9 Å². The SMILES string of the molecule is COc1ccc([C@H](CNC(=O)Cc2coc3cc4c(cc23)CCC4)c2c[nH]c3ccccc23)cc1. The van der Waals surface area contributed by atoms with Crippen molar-refractivity contribution in [3.05, 3.63) is 101 Å². The Morgan fingerprint density at radius 1 is 1.06 bits per heavy atom. The molecule has 2 heterocycles. The number of aromatic amines is 1. The summed E-state index contributed by atoms with van der Waals surface area (Å²) in [6, 6.07) is 20.7. The number of aromatic nitrogens is 1. The number of methoxy groups -OCH3 is 1. The van der Waals surface area contributed by atoms with Gasteiger partial charge in [-0.15, -0.1) is 0 Å². The van der Waals surface area contributed by atoms with Crippen LogP contribution < -0.4 is 10.1 Å². The van der Waals surface area contributed by atoms with E-state index < -0.39 is 0 Å². The number of fused-ring (bicyclic) bond motifs is 3. The average Bonchev–Trinajstić information content (AvgIpc) is 3.62. The number of carbonyl (C=O) groups excluding carboxylic acids is 1. The van der Waals surface area contributed by atoms with Crippen LogP contribution in [0.15, 0.2) is 77.5 Å². The summed E-state index contributed by atoms with van der Waals surface area (Å²) in [5, 5.41) is 5.42. The second kappa shape index (κ2) is 8.99. The molecule has 3 aromatic carbocycles. The van der Waals surface area contributed by atoms with Gasteiger partial charge in [0.05, 0.1) is 19.8 Å². The summed E-state index contributed by atoms with van der Waals surface area (Å²) in [4.78, 5) is 16.5. The largest absolute Gasteiger partial charge is 0.497 e. The van der Waals surface area contributed by atoms with Gasteiger partial charge in [0.2, 0.25) is 5.91 Å². The van der Waals surface area contributed by atoms with E-state index in [1.807, 2.05) is 24.3 Å². The Morgan fingerprint density at radius 3 is 2.69 bits per heavy atom. The van der Waals surface area contributed by atoms with Gasteiger partial charge in [0.15, 0.2) is 0 Å². The Kier molecular flexibility index (Phi) is 5.53. The van der Waals surface area contributed by atoms with E-state index in [0.29, 0.717) is 13.0 Å². The summed E-state index contributed by atoms with van der Waals surface area (Å²) in [6.45, 7) is 0.498. The molecule has 0 spiro atoms. The summed E-state index contributed by atoms with van der Waals surface area (Å²) in [6.07, 6.45) is 7.50. The summed E-state index contributed by atoms with van der Waals surface area (Å²) in [7, 11) is 1.67. The summed E-state index contributed by atoms with van der Waals surface area (Å²) in [5.41, 5.74) is 7.97. The number of amides is 1. The highest BCUT2D eigenvalue weighted by molar-refractivity contribution is 5.89. The fourth-order valence-electron chi connectivity index (χ4n) is 5.36. The molecule has 1 aliphatic carbocycles. The van der Waals surface area contributed by atoms with Crippen molar-refractivity contribution in [3.8, 4) is 5.75 Å². The lowest BCUT2D eigenvalue weighted by molar-refractivity contribution is -0.120. The van der Waals surface area contributed by atoms with Gasteiger partial charge in [0, 0.05) is 40.5 Å². The Bertz CT molecular complexity index is 1510. The van der Waals surface area contributed by atoms with Crippen LogP contribution in [0.3, 0.4) is 0 Å². The van der Waals surface area contributed by atoms with E-state index in [1.54, 1.807) is 13.4 Å². The fraction of sp³-hybridized carbons (Fsp3) is 0.233. The summed E-state index contributed by atoms with van der Waals surface area (Å²) in [5.74, 6) is 0.811. The lowest BCUT2D eigenvalue weighted by Gasteiger charge is -2.18. The second-order valence-corrected chi connectivity index (χ2v) is 9.33. The molecule has 0 saturated heterocycles. The van der Waals surface area contributed by atoms with Crippen LogP contribution in [0, 0.1) is 0 Å². The first kappa shape index (κ1) is 21.5. The Labute approximate surface area is 204 Å². The highest BCUT2D eigenvalue weighted by Crippen LogP contribution is 2.32. The molecule has 0 radical (unpaired) electrons. The van der Waals surface area contributed by atoms with E-state index in [1.165, 1.54) is 17.5 Å². The fourth-order valence-corrected chi connectivity index (χ4v) is 5.36. The molecule has 0 aliphatic heterocycles. The van der Waals surface area contributed by atoms with Crippen LogP contribution in [-0.2, 0) is 24.1 Å². The molecule has 1 aliphatic rings. The number of benzene rings is 3. The zero-order valence-corrected chi connectivity index (χ0v) is 19.8. The third-order valence-electron chi connectivity index (χ3n) is 7.24. The molecule has 5 aromatic rings. The van der Waals surface area contributed by atoms with Gasteiger partial charge in [-0.05, 0) is 71.8 Å². The van der Waals surface area contributed by atoms with E-state index >= 15 is 0 Å². The molecule has 5 heteroatoms. The molecule has 0 unspecified atom stereocenters. The lowest BCUT2D eigenvalue weighted by atomic mass is 9.90. The number of nitrogens with one attached hydrogen (secondary N) is 2. The second-order valence-electron chi connectivity index (χ2n) is 9.33. The van der Waals surface area contributed by atoms with E-state index in [9.17, 15) is 4.79 Å². The van der Waals surface area contributed by atoms with Gasteiger partial charge in [-0.3, -0.25) is 4.79 Å². The monoisotopic (exact) mass is 464 g/mol. The highest BCUT2D eigenvalue weighted by atomic mass is 16.5. The predicted molar refractivity (Wildman–Crippen MR) is 138 cm³/mol. The van der Waals surface area contributed by atoms with Crippen LogP contribution in [-0.4, -0.2) is 24.5 Å². The van der Waals surface area contributed by atoms with Crippen LogP contribution in [0.5, 0.6) is 5.75 Å². The van der Waals surface area contributed by atoms with Gasteiger partial charge >= 0.3 is 0 Å². The minimum atomic E-state index is -0.00782. The minimum absolute atomic E-state index is 0.00497. The predicted octanol–water partition coefficient (Wildman–Crippen LogP) is 5.90. The summed E-state index contributed by atoms with van der Waals surface area (Å²) < 4.78 is 11.1. The number of rotatable bonds is 7. The number of carbonyl (C=O) groups is 1. The van der Waals surface area contributed by atoms with Gasteiger partial charge in [0.1, 0.15) is 11.3 Å². The van der Waals surface area contributed by atoms with Gasteiger partial charge in [-0.1, -0.05) is 30.3 Å². The third-order valence-corrected chi connectivity index (χ3v) is 7.24. The minimum Gasteiger partial charge on any atom is -0.497 e. The van der Waals surface area contributed by atoms with E-state index in [-0.39, 0.29) is 11.8 Å². The lowest BCUT2D eigenvalue weighted by Crippen LogP contribution is -2.30. The van der Waals surface area contributed by atoms with Gasteiger partial charge in [-0.2, -0.15) is 0 Å². The standard InChI is InChI=1S/C30H28N2O3/c1-34-23-11-9-19(10-12-23)26(27-17-31-28-8-3-2-7-24(27)28)16-32-30(33)15-22-18-35-29-14-21-6-4-5-20(21)13-25(22)29/h2-3,7-14,17-18,26,31H,4-6,15-16H2,1H3,(H,32,33)/t26-/m0/s1. The van der Waals surface area contributed by atoms with Crippen molar-refractivity contribution in [2.75, 3.05) is 13.7 Å². The topological polar surface area (TPSA) is 67.3 Å². The Balaban J connectivity index is 1.24. The summed E-state index contributed by atoms with van der Waals surface area (Å²) >= 11 is 0. The molecule has 176 valence electrons. The number of aryl methyl sites for hydroxylation is 2. The van der Waals surface area contributed by atoms with Gasteiger partial charge in [-0.25, -0.2) is 0 Å². The van der Waals surface area contributed by atoms with Gasteiger partial charge < -0.3 is 19.5 Å². The Hall–Kier alpha value is -3.99. The zero-order chi connectivity index (χ0) is 23.8. The molecule has 35 heavy (non-hydrogen) atoms. The van der Waals surface area contributed by atoms with Crippen LogP contribution in [0.1, 0.15) is 40.2 Å². The number of furan rings is 1. The number of H-pyrrole nitrogens is 1. The molecular formula is C30H28N2O3. The molecular weight excluding hydrogens is 436 g/mol. The van der Waals surface area contributed by atoms with Crippen molar-refractivity contribution in [1.82, 2.24) is 10.3 Å². The quantitative estimate of drug-likeness (QED) is 0.315. The molecule has 1 amide bonds. The number of para-hydroxylation sites is 1. The number of hydrogen-bond donors (Lipinski definition) is 2. The molecule has 0 bridgehead atoms. The van der Waals surface area contributed by atoms with Crippen molar-refractivity contribution in [1.29, 1.82) is 0 Å². The smallest absolute Gasteiger partial charge is 0.224 e. The normalized spacial score (nSPS) is 13.7. The maximum Gasteiger partial charge on any atom is 0.224 e. The third kappa shape index (κ3) is 4.08. The van der Waals surface area contributed by atoms with Crippen LogP contribution in [0.2, 0.25) is 0 Å². The Morgan fingerprint density at radius 2 is 1.86 bits per heavy atom.